The van der Waals surface area contributed by atoms with Crippen LogP contribution in [-0.4, -0.2) is 24.0 Å². The van der Waals surface area contributed by atoms with Gasteiger partial charge in [-0.15, -0.1) is 0 Å². The van der Waals surface area contributed by atoms with Crippen molar-refractivity contribution >= 4 is 17.6 Å². The molecule has 148 valence electrons. The largest absolute Gasteiger partial charge is 0.495 e. The van der Waals surface area contributed by atoms with Crippen LogP contribution in [0.4, 0.5) is 5.69 Å². The van der Waals surface area contributed by atoms with Crippen molar-refractivity contribution in [2.24, 2.45) is 4.99 Å². The van der Waals surface area contributed by atoms with E-state index in [1.165, 1.54) is 0 Å². The van der Waals surface area contributed by atoms with E-state index in [2.05, 4.69) is 20.6 Å². The first-order chi connectivity index (χ1) is 14.0. The minimum absolute atomic E-state index is 0.235. The Hall–Kier alpha value is -3.67. The average Bonchev–Trinajstić information content (AvgIpc) is 2.73. The second kappa shape index (κ2) is 9.50. The summed E-state index contributed by atoms with van der Waals surface area (Å²) in [5.41, 5.74) is 4.36. The molecule has 0 atom stereocenters. The van der Waals surface area contributed by atoms with E-state index in [1.807, 2.05) is 62.4 Å². The van der Waals surface area contributed by atoms with E-state index in [1.54, 1.807) is 25.6 Å². The monoisotopic (exact) mass is 388 g/mol. The number of pyridine rings is 1. The predicted molar refractivity (Wildman–Crippen MR) is 115 cm³/mol. The number of amides is 1. The van der Waals surface area contributed by atoms with Gasteiger partial charge < -0.3 is 10.1 Å². The maximum absolute atomic E-state index is 12.8. The normalized spacial score (nSPS) is 11.1. The third-order valence-electron chi connectivity index (χ3n) is 4.29. The van der Waals surface area contributed by atoms with Gasteiger partial charge in [0.1, 0.15) is 5.75 Å². The molecule has 1 aromatic heterocycles. The number of aliphatic imine (C=N–C) groups is 1. The summed E-state index contributed by atoms with van der Waals surface area (Å²) >= 11 is 0. The number of nitrogens with one attached hydrogen (secondary N) is 2. The molecule has 0 aliphatic heterocycles. The van der Waals surface area contributed by atoms with E-state index in [9.17, 15) is 4.79 Å². The van der Waals surface area contributed by atoms with Crippen LogP contribution in [0.5, 0.6) is 5.75 Å². The van der Waals surface area contributed by atoms with Crippen LogP contribution in [0.25, 0.3) is 0 Å². The van der Waals surface area contributed by atoms with Crippen LogP contribution in [0, 0.1) is 13.8 Å². The van der Waals surface area contributed by atoms with Crippen molar-refractivity contribution in [2.45, 2.75) is 20.4 Å². The summed E-state index contributed by atoms with van der Waals surface area (Å²) in [7, 11) is 1.61. The average molecular weight is 388 g/mol. The zero-order valence-corrected chi connectivity index (χ0v) is 16.8. The topological polar surface area (TPSA) is 75.6 Å². The van der Waals surface area contributed by atoms with Gasteiger partial charge in [0.15, 0.2) is 0 Å². The summed E-state index contributed by atoms with van der Waals surface area (Å²) in [5, 5.41) is 6.08. The highest BCUT2D eigenvalue weighted by Crippen LogP contribution is 2.25. The second-order valence-electron chi connectivity index (χ2n) is 6.67. The summed E-state index contributed by atoms with van der Waals surface area (Å²) in [5.74, 6) is 0.774. The van der Waals surface area contributed by atoms with Crippen molar-refractivity contribution in [3.8, 4) is 5.75 Å². The predicted octanol–water partition coefficient (Wildman–Crippen LogP) is 4.11. The molecule has 0 spiro atoms. The maximum atomic E-state index is 12.8. The first kappa shape index (κ1) is 20.1. The van der Waals surface area contributed by atoms with Gasteiger partial charge in [0, 0.05) is 18.0 Å². The van der Waals surface area contributed by atoms with E-state index in [0.717, 1.165) is 22.4 Å². The Bertz CT molecular complexity index is 1020. The van der Waals surface area contributed by atoms with Crippen LogP contribution in [-0.2, 0) is 6.54 Å². The fraction of sp³-hybridized carbons (Fsp3) is 0.174. The van der Waals surface area contributed by atoms with Gasteiger partial charge in [0.2, 0.25) is 5.96 Å². The number of carbonyl (C=O) groups excluding carboxylic acids is 1. The number of aryl methyl sites for hydroxylation is 2. The SMILES string of the molecule is COc1ccc(C)cc1NC(=NCc1ccncc1)NC(=O)c1cccc(C)c1. The minimum Gasteiger partial charge on any atom is -0.495 e. The first-order valence-corrected chi connectivity index (χ1v) is 9.28. The third kappa shape index (κ3) is 5.65. The highest BCUT2D eigenvalue weighted by atomic mass is 16.5. The molecule has 6 nitrogen and oxygen atoms in total. The van der Waals surface area contributed by atoms with Crippen molar-refractivity contribution in [3.63, 3.8) is 0 Å². The molecule has 0 saturated carbocycles. The van der Waals surface area contributed by atoms with E-state index in [-0.39, 0.29) is 5.91 Å². The Labute approximate surface area is 170 Å². The number of ether oxygens (including phenoxy) is 1. The molecule has 2 aromatic carbocycles. The number of hydrogen-bond donors (Lipinski definition) is 2. The number of methoxy groups -OCH3 is 1. The van der Waals surface area contributed by atoms with Crippen molar-refractivity contribution < 1.29 is 9.53 Å². The van der Waals surface area contributed by atoms with Gasteiger partial charge in [-0.05, 0) is 61.4 Å². The highest BCUT2D eigenvalue weighted by Gasteiger charge is 2.12. The van der Waals surface area contributed by atoms with Crippen molar-refractivity contribution in [1.82, 2.24) is 10.3 Å². The van der Waals surface area contributed by atoms with Crippen molar-refractivity contribution in [2.75, 3.05) is 12.4 Å². The third-order valence-corrected chi connectivity index (χ3v) is 4.29. The lowest BCUT2D eigenvalue weighted by atomic mass is 10.1. The molecular formula is C23H24N4O2. The molecule has 6 heteroatoms. The van der Waals surface area contributed by atoms with E-state index in [4.69, 9.17) is 4.74 Å². The lowest BCUT2D eigenvalue weighted by molar-refractivity contribution is 0.0977. The first-order valence-electron chi connectivity index (χ1n) is 9.28. The standard InChI is InChI=1S/C23H24N4O2/c1-16-5-4-6-19(13-16)22(28)27-23(25-15-18-9-11-24-12-10-18)26-20-14-17(2)7-8-21(20)29-3/h4-14H,15H2,1-3H3,(H2,25,26,27,28). The number of aromatic nitrogens is 1. The fourth-order valence-corrected chi connectivity index (χ4v) is 2.78. The van der Waals surface area contributed by atoms with E-state index >= 15 is 0 Å². The van der Waals surface area contributed by atoms with E-state index < -0.39 is 0 Å². The molecule has 0 aliphatic rings. The van der Waals surface area contributed by atoms with Crippen LogP contribution in [0.1, 0.15) is 27.0 Å². The van der Waals surface area contributed by atoms with Gasteiger partial charge in [-0.1, -0.05) is 23.8 Å². The highest BCUT2D eigenvalue weighted by molar-refractivity contribution is 6.10. The number of rotatable bonds is 5. The number of guanidine groups is 1. The molecule has 29 heavy (non-hydrogen) atoms. The molecule has 0 unspecified atom stereocenters. The molecule has 0 fully saturated rings. The summed E-state index contributed by atoms with van der Waals surface area (Å²) in [6.07, 6.45) is 3.43. The molecule has 2 N–H and O–H groups in total. The quantitative estimate of drug-likeness (QED) is 0.510. The van der Waals surface area contributed by atoms with Gasteiger partial charge in [0.25, 0.3) is 5.91 Å². The van der Waals surface area contributed by atoms with Crippen molar-refractivity contribution in [1.29, 1.82) is 0 Å². The van der Waals surface area contributed by atoms with Gasteiger partial charge in [-0.3, -0.25) is 15.1 Å². The molecule has 0 aliphatic carbocycles. The van der Waals surface area contributed by atoms with Gasteiger partial charge >= 0.3 is 0 Å². The Morgan fingerprint density at radius 1 is 1.03 bits per heavy atom. The Kier molecular flexibility index (Phi) is 6.58. The molecule has 1 heterocycles. The Morgan fingerprint density at radius 2 is 1.79 bits per heavy atom. The zero-order valence-electron chi connectivity index (χ0n) is 16.8. The maximum Gasteiger partial charge on any atom is 0.257 e. The number of anilines is 1. The second-order valence-corrected chi connectivity index (χ2v) is 6.67. The minimum atomic E-state index is -0.235. The van der Waals surface area contributed by atoms with Gasteiger partial charge in [-0.2, -0.15) is 0 Å². The van der Waals surface area contributed by atoms with E-state index in [0.29, 0.717) is 23.8 Å². The molecule has 0 bridgehead atoms. The number of hydrogen-bond acceptors (Lipinski definition) is 4. The molecule has 3 rings (SSSR count). The molecule has 3 aromatic rings. The molecule has 0 saturated heterocycles. The van der Waals surface area contributed by atoms with Crippen LogP contribution in [0.3, 0.4) is 0 Å². The van der Waals surface area contributed by atoms with Crippen LogP contribution in [0.15, 0.2) is 72.0 Å². The molecule has 0 radical (unpaired) electrons. The van der Waals surface area contributed by atoms with Crippen LogP contribution >= 0.6 is 0 Å². The fourth-order valence-electron chi connectivity index (χ4n) is 2.78. The Morgan fingerprint density at radius 3 is 2.52 bits per heavy atom. The van der Waals surface area contributed by atoms with Crippen molar-refractivity contribution in [3.05, 3.63) is 89.2 Å². The summed E-state index contributed by atoms with van der Waals surface area (Å²) in [6, 6.07) is 17.0. The zero-order chi connectivity index (χ0) is 20.6. The number of nitrogens with zero attached hydrogens (tertiary/aromatic N) is 2. The number of benzene rings is 2. The lowest BCUT2D eigenvalue weighted by Gasteiger charge is -2.15. The summed E-state index contributed by atoms with van der Waals surface area (Å²) < 4.78 is 5.43. The summed E-state index contributed by atoms with van der Waals surface area (Å²) in [6.45, 7) is 4.34. The molecular weight excluding hydrogens is 364 g/mol. The summed E-state index contributed by atoms with van der Waals surface area (Å²) in [4.78, 5) is 21.3. The van der Waals surface area contributed by atoms with Crippen LogP contribution in [0.2, 0.25) is 0 Å². The lowest BCUT2D eigenvalue weighted by Crippen LogP contribution is -2.36. The smallest absolute Gasteiger partial charge is 0.257 e. The van der Waals surface area contributed by atoms with Gasteiger partial charge in [-0.25, -0.2) is 4.99 Å². The van der Waals surface area contributed by atoms with Crippen LogP contribution < -0.4 is 15.4 Å². The number of carbonyl (C=O) groups is 1. The Balaban J connectivity index is 1.87. The molecule has 1 amide bonds. The van der Waals surface area contributed by atoms with Gasteiger partial charge in [0.05, 0.1) is 19.3 Å².